The highest BCUT2D eigenvalue weighted by molar-refractivity contribution is 7.90. The predicted octanol–water partition coefficient (Wildman–Crippen LogP) is 3.28. The van der Waals surface area contributed by atoms with Crippen LogP contribution < -0.4 is 0 Å². The van der Waals surface area contributed by atoms with E-state index < -0.39 is 10.0 Å². The summed E-state index contributed by atoms with van der Waals surface area (Å²) in [4.78, 5) is 0.0487. The maximum atomic E-state index is 12.8. The van der Waals surface area contributed by atoms with Gasteiger partial charge in [0.1, 0.15) is 11.0 Å². The molecule has 0 fully saturated rings. The van der Waals surface area contributed by atoms with Gasteiger partial charge in [0.2, 0.25) is 0 Å². The normalized spacial score (nSPS) is 12.0. The number of para-hydroxylation sites is 1. The highest BCUT2D eigenvalue weighted by Crippen LogP contribution is 2.29. The van der Waals surface area contributed by atoms with Gasteiger partial charge >= 0.3 is 0 Å². The van der Waals surface area contributed by atoms with Crippen LogP contribution in [0.5, 0.6) is 0 Å². The Morgan fingerprint density at radius 3 is 2.52 bits per heavy atom. The lowest BCUT2D eigenvalue weighted by molar-refractivity contribution is 0.579. The molecular weight excluding hydrogens is 333 g/mol. The minimum absolute atomic E-state index is 0.0487. The van der Waals surface area contributed by atoms with E-state index in [1.807, 2.05) is 0 Å². The molecule has 0 atom stereocenters. The molecule has 0 saturated heterocycles. The molecular formula is C13H9Cl2N3O2S. The zero-order chi connectivity index (χ0) is 15.2. The first kappa shape index (κ1) is 14.3. The Morgan fingerprint density at radius 1 is 1.10 bits per heavy atom. The van der Waals surface area contributed by atoms with E-state index in [1.54, 1.807) is 31.2 Å². The third kappa shape index (κ3) is 2.29. The summed E-state index contributed by atoms with van der Waals surface area (Å²) in [6.45, 7) is 1.65. The Kier molecular flexibility index (Phi) is 3.39. The molecule has 0 saturated carbocycles. The molecule has 2 aromatic carbocycles. The maximum absolute atomic E-state index is 12.8. The molecule has 0 aliphatic carbocycles. The second kappa shape index (κ2) is 4.98. The number of aryl methyl sites for hydroxylation is 1. The minimum Gasteiger partial charge on any atom is -0.199 e. The third-order valence-corrected chi connectivity index (χ3v) is 5.49. The van der Waals surface area contributed by atoms with Crippen molar-refractivity contribution in [2.24, 2.45) is 0 Å². The van der Waals surface area contributed by atoms with Crippen molar-refractivity contribution >= 4 is 44.3 Å². The van der Waals surface area contributed by atoms with Gasteiger partial charge in [-0.05, 0) is 36.8 Å². The Hall–Kier alpha value is -1.63. The van der Waals surface area contributed by atoms with Gasteiger partial charge in [-0.2, -0.15) is 8.42 Å². The second-order valence-electron chi connectivity index (χ2n) is 4.46. The van der Waals surface area contributed by atoms with Crippen LogP contribution in [0.25, 0.3) is 11.0 Å². The Bertz CT molecular complexity index is 951. The van der Waals surface area contributed by atoms with Gasteiger partial charge in [0.15, 0.2) is 0 Å². The topological polar surface area (TPSA) is 64.8 Å². The van der Waals surface area contributed by atoms with Crippen molar-refractivity contribution in [1.29, 1.82) is 0 Å². The Balaban J connectivity index is 2.29. The van der Waals surface area contributed by atoms with E-state index in [-0.39, 0.29) is 9.92 Å². The van der Waals surface area contributed by atoms with Crippen LogP contribution in [0.4, 0.5) is 0 Å². The lowest BCUT2D eigenvalue weighted by Gasteiger charge is -2.09. The summed E-state index contributed by atoms with van der Waals surface area (Å²) < 4.78 is 26.4. The van der Waals surface area contributed by atoms with Gasteiger partial charge in [-0.1, -0.05) is 40.5 Å². The number of hydrogen-bond donors (Lipinski definition) is 0. The number of hydrogen-bond acceptors (Lipinski definition) is 4. The lowest BCUT2D eigenvalue weighted by atomic mass is 10.2. The van der Waals surface area contributed by atoms with Crippen molar-refractivity contribution in [2.75, 3.05) is 0 Å². The summed E-state index contributed by atoms with van der Waals surface area (Å²) >= 11 is 11.8. The molecule has 3 aromatic rings. The van der Waals surface area contributed by atoms with Crippen molar-refractivity contribution in [3.05, 3.63) is 52.0 Å². The molecule has 0 amide bonds. The van der Waals surface area contributed by atoms with Crippen LogP contribution in [-0.4, -0.2) is 22.8 Å². The fourth-order valence-electron chi connectivity index (χ4n) is 2.02. The molecule has 0 unspecified atom stereocenters. The molecule has 0 bridgehead atoms. The number of aromatic nitrogens is 3. The molecule has 8 heteroatoms. The first-order valence-electron chi connectivity index (χ1n) is 5.93. The number of halogens is 2. The van der Waals surface area contributed by atoms with Crippen molar-refractivity contribution in [2.45, 2.75) is 11.8 Å². The molecule has 0 N–H and O–H groups in total. The zero-order valence-corrected chi connectivity index (χ0v) is 13.1. The maximum Gasteiger partial charge on any atom is 0.285 e. The van der Waals surface area contributed by atoms with Gasteiger partial charge in [0, 0.05) is 0 Å². The van der Waals surface area contributed by atoms with Gasteiger partial charge in [0.05, 0.1) is 14.9 Å². The van der Waals surface area contributed by atoms with Gasteiger partial charge in [-0.15, -0.1) is 9.19 Å². The van der Waals surface area contributed by atoms with Crippen LogP contribution in [0, 0.1) is 6.92 Å². The van der Waals surface area contributed by atoms with Gasteiger partial charge in [-0.3, -0.25) is 0 Å². The predicted molar refractivity (Wildman–Crippen MR) is 81.3 cm³/mol. The van der Waals surface area contributed by atoms with Crippen LogP contribution in [0.3, 0.4) is 0 Å². The molecule has 0 spiro atoms. The average molecular weight is 342 g/mol. The minimum atomic E-state index is -3.89. The molecule has 1 aromatic heterocycles. The third-order valence-electron chi connectivity index (χ3n) is 3.04. The SMILES string of the molecule is Cc1cc(Cl)c(Cl)cc1S(=O)(=O)n1nnc2ccccc21. The number of benzene rings is 2. The number of nitrogens with zero attached hydrogens (tertiary/aromatic N) is 3. The van der Waals surface area contributed by atoms with E-state index in [0.29, 0.717) is 21.6 Å². The van der Waals surface area contributed by atoms with Crippen molar-refractivity contribution < 1.29 is 8.42 Å². The van der Waals surface area contributed by atoms with E-state index in [4.69, 9.17) is 23.2 Å². The van der Waals surface area contributed by atoms with Crippen molar-refractivity contribution in [3.8, 4) is 0 Å². The van der Waals surface area contributed by atoms with Crippen molar-refractivity contribution in [1.82, 2.24) is 14.4 Å². The van der Waals surface area contributed by atoms with E-state index in [0.717, 1.165) is 4.09 Å². The molecule has 1 heterocycles. The highest BCUT2D eigenvalue weighted by Gasteiger charge is 2.24. The van der Waals surface area contributed by atoms with E-state index in [9.17, 15) is 8.42 Å². The highest BCUT2D eigenvalue weighted by atomic mass is 35.5. The largest absolute Gasteiger partial charge is 0.285 e. The molecule has 0 aliphatic rings. The fraction of sp³-hybridized carbons (Fsp3) is 0.0769. The quantitative estimate of drug-likeness (QED) is 0.717. The number of fused-ring (bicyclic) bond motifs is 1. The second-order valence-corrected chi connectivity index (χ2v) is 7.01. The van der Waals surface area contributed by atoms with Crippen molar-refractivity contribution in [3.63, 3.8) is 0 Å². The summed E-state index contributed by atoms with van der Waals surface area (Å²) in [6.07, 6.45) is 0. The summed E-state index contributed by atoms with van der Waals surface area (Å²) in [6, 6.07) is 9.65. The molecule has 3 rings (SSSR count). The first-order chi connectivity index (χ1) is 9.91. The Morgan fingerprint density at radius 2 is 1.76 bits per heavy atom. The summed E-state index contributed by atoms with van der Waals surface area (Å²) in [5, 5.41) is 8.07. The Labute approximate surface area is 131 Å². The van der Waals surface area contributed by atoms with Gasteiger partial charge in [0.25, 0.3) is 10.0 Å². The van der Waals surface area contributed by atoms with Crippen LogP contribution >= 0.6 is 23.2 Å². The molecule has 21 heavy (non-hydrogen) atoms. The average Bonchev–Trinajstić information content (AvgIpc) is 2.87. The lowest BCUT2D eigenvalue weighted by Crippen LogP contribution is -2.16. The van der Waals surface area contributed by atoms with E-state index >= 15 is 0 Å². The van der Waals surface area contributed by atoms with Crippen LogP contribution in [0.2, 0.25) is 10.0 Å². The van der Waals surface area contributed by atoms with Gasteiger partial charge in [-0.25, -0.2) is 0 Å². The van der Waals surface area contributed by atoms with Crippen LogP contribution in [-0.2, 0) is 10.0 Å². The summed E-state index contributed by atoms with van der Waals surface area (Å²) in [5.74, 6) is 0. The summed E-state index contributed by atoms with van der Waals surface area (Å²) in [5.41, 5.74) is 1.39. The summed E-state index contributed by atoms with van der Waals surface area (Å²) in [7, 11) is -3.89. The van der Waals surface area contributed by atoms with Crippen LogP contribution in [0.15, 0.2) is 41.3 Å². The number of rotatable bonds is 2. The van der Waals surface area contributed by atoms with Crippen LogP contribution in [0.1, 0.15) is 5.56 Å². The molecule has 0 radical (unpaired) electrons. The molecule has 5 nitrogen and oxygen atoms in total. The van der Waals surface area contributed by atoms with E-state index in [2.05, 4.69) is 10.3 Å². The first-order valence-corrected chi connectivity index (χ1v) is 8.12. The smallest absolute Gasteiger partial charge is 0.199 e. The fourth-order valence-corrected chi connectivity index (χ4v) is 3.94. The monoisotopic (exact) mass is 341 g/mol. The van der Waals surface area contributed by atoms with E-state index in [1.165, 1.54) is 12.1 Å². The standard InChI is InChI=1S/C13H9Cl2N3O2S/c1-8-6-9(14)10(15)7-13(8)21(19,20)18-12-5-3-2-4-11(12)16-17-18/h2-7H,1H3. The zero-order valence-electron chi connectivity index (χ0n) is 10.8. The molecule has 0 aliphatic heterocycles. The van der Waals surface area contributed by atoms with Gasteiger partial charge < -0.3 is 0 Å². The molecule has 108 valence electrons.